The van der Waals surface area contributed by atoms with E-state index in [1.807, 2.05) is 0 Å². The number of nitro benzene ring substituents is 2. The number of benzene rings is 1. The Kier molecular flexibility index (Phi) is 7.09. The highest BCUT2D eigenvalue weighted by atomic mass is 19.4. The van der Waals surface area contributed by atoms with Crippen molar-refractivity contribution < 1.29 is 32.5 Å². The zero-order valence-electron chi connectivity index (χ0n) is 13.9. The summed E-state index contributed by atoms with van der Waals surface area (Å²) in [5, 5.41) is 22.7. The fraction of sp³-hybridized carbons (Fsp3) is 0.538. The summed E-state index contributed by atoms with van der Waals surface area (Å²) in [6.45, 7) is -0.101. The Labute approximate surface area is 145 Å². The largest absolute Gasteiger partial charge is 0.418 e. The molecule has 0 aliphatic carbocycles. The summed E-state index contributed by atoms with van der Waals surface area (Å²) in [5.41, 5.74) is -0.356. The van der Waals surface area contributed by atoms with E-state index in [0.717, 1.165) is 4.90 Å². The van der Waals surface area contributed by atoms with Crippen molar-refractivity contribution in [2.24, 2.45) is 0 Å². The van der Waals surface area contributed by atoms with Gasteiger partial charge in [0.1, 0.15) is 5.69 Å². The van der Waals surface area contributed by atoms with Crippen molar-refractivity contribution in [1.82, 2.24) is 0 Å². The van der Waals surface area contributed by atoms with Crippen LogP contribution in [-0.4, -0.2) is 50.4 Å². The molecular formula is C13H17F3N4O6. The highest BCUT2D eigenvalue weighted by Gasteiger charge is 2.42. The average molecular weight is 382 g/mol. The second-order valence-corrected chi connectivity index (χ2v) is 5.04. The zero-order chi connectivity index (χ0) is 20.1. The lowest BCUT2D eigenvalue weighted by Crippen LogP contribution is -2.32. The van der Waals surface area contributed by atoms with Gasteiger partial charge in [0.15, 0.2) is 5.69 Å². The Hall–Kier alpha value is -2.67. The molecule has 1 aromatic rings. The molecule has 146 valence electrons. The van der Waals surface area contributed by atoms with Crippen LogP contribution in [-0.2, 0) is 15.7 Å². The molecule has 0 bridgehead atoms. The molecule has 0 saturated carbocycles. The molecule has 10 nitrogen and oxygen atoms in total. The Morgan fingerprint density at radius 1 is 1.12 bits per heavy atom. The summed E-state index contributed by atoms with van der Waals surface area (Å²) in [4.78, 5) is 21.6. The number of nitrogen functional groups attached to an aromatic ring is 1. The first-order chi connectivity index (χ1) is 12.1. The fourth-order valence-corrected chi connectivity index (χ4v) is 2.27. The first kappa shape index (κ1) is 21.4. The van der Waals surface area contributed by atoms with Gasteiger partial charge < -0.3 is 20.1 Å². The first-order valence-corrected chi connectivity index (χ1v) is 7.11. The second kappa shape index (κ2) is 8.62. The molecule has 2 N–H and O–H groups in total. The lowest BCUT2D eigenvalue weighted by molar-refractivity contribution is -0.392. The first-order valence-electron chi connectivity index (χ1n) is 7.11. The predicted octanol–water partition coefficient (Wildman–Crippen LogP) is 2.20. The smallest absolute Gasteiger partial charge is 0.393 e. The predicted molar refractivity (Wildman–Crippen MR) is 85.1 cm³/mol. The molecule has 0 amide bonds. The third-order valence-corrected chi connectivity index (χ3v) is 3.42. The van der Waals surface area contributed by atoms with Gasteiger partial charge >= 0.3 is 11.9 Å². The molecule has 0 spiro atoms. The molecule has 26 heavy (non-hydrogen) atoms. The van der Waals surface area contributed by atoms with Crippen LogP contribution in [0.5, 0.6) is 0 Å². The van der Waals surface area contributed by atoms with E-state index in [2.05, 4.69) is 0 Å². The van der Waals surface area contributed by atoms with E-state index >= 15 is 0 Å². The van der Waals surface area contributed by atoms with Gasteiger partial charge in [-0.25, -0.2) is 0 Å². The quantitative estimate of drug-likeness (QED) is 0.390. The van der Waals surface area contributed by atoms with Crippen molar-refractivity contribution in [3.8, 4) is 0 Å². The van der Waals surface area contributed by atoms with Crippen LogP contribution in [0.15, 0.2) is 6.07 Å². The minimum atomic E-state index is -5.10. The van der Waals surface area contributed by atoms with Crippen LogP contribution in [0.4, 0.5) is 35.9 Å². The molecule has 0 aliphatic heterocycles. The summed E-state index contributed by atoms with van der Waals surface area (Å²) in [6.07, 6.45) is -5.10. The van der Waals surface area contributed by atoms with Crippen molar-refractivity contribution in [1.29, 1.82) is 0 Å². The van der Waals surface area contributed by atoms with Crippen LogP contribution in [0.2, 0.25) is 0 Å². The zero-order valence-corrected chi connectivity index (χ0v) is 13.9. The third-order valence-electron chi connectivity index (χ3n) is 3.42. The fourth-order valence-electron chi connectivity index (χ4n) is 2.27. The second-order valence-electron chi connectivity index (χ2n) is 5.04. The van der Waals surface area contributed by atoms with E-state index in [1.54, 1.807) is 0 Å². The minimum Gasteiger partial charge on any atom is -0.393 e. The third kappa shape index (κ3) is 4.70. The summed E-state index contributed by atoms with van der Waals surface area (Å²) in [7, 11) is 2.66. The molecule has 0 heterocycles. The van der Waals surface area contributed by atoms with Crippen LogP contribution in [0.25, 0.3) is 0 Å². The van der Waals surface area contributed by atoms with Gasteiger partial charge in [-0.1, -0.05) is 0 Å². The van der Waals surface area contributed by atoms with E-state index < -0.39 is 44.3 Å². The molecule has 0 saturated heterocycles. The molecule has 0 unspecified atom stereocenters. The van der Waals surface area contributed by atoms with Crippen molar-refractivity contribution in [2.75, 3.05) is 51.2 Å². The molecule has 0 radical (unpaired) electrons. The number of halogens is 3. The van der Waals surface area contributed by atoms with Gasteiger partial charge in [-0.2, -0.15) is 13.2 Å². The van der Waals surface area contributed by atoms with Crippen molar-refractivity contribution in [2.45, 2.75) is 6.18 Å². The summed E-state index contributed by atoms with van der Waals surface area (Å²) >= 11 is 0. The maximum absolute atomic E-state index is 13.1. The Morgan fingerprint density at radius 3 is 1.96 bits per heavy atom. The highest BCUT2D eigenvalue weighted by Crippen LogP contribution is 2.48. The van der Waals surface area contributed by atoms with Crippen LogP contribution < -0.4 is 10.6 Å². The number of ether oxygens (including phenoxy) is 2. The van der Waals surface area contributed by atoms with Gasteiger partial charge in [-0.05, 0) is 0 Å². The van der Waals surface area contributed by atoms with E-state index in [9.17, 15) is 33.4 Å². The molecule has 0 fully saturated rings. The van der Waals surface area contributed by atoms with Gasteiger partial charge in [0, 0.05) is 33.4 Å². The molecule has 1 aromatic carbocycles. The monoisotopic (exact) mass is 382 g/mol. The standard InChI is InChI=1S/C13H17F3N4O6/c1-25-5-3-18(4-6-26-2)11-9(19(21)22)7-8(13(14,15)16)10(17)12(11)20(23)24/h7H,3-6,17H2,1-2H3. The number of hydrogen-bond donors (Lipinski definition) is 1. The molecular weight excluding hydrogens is 365 g/mol. The van der Waals surface area contributed by atoms with Gasteiger partial charge in [-0.15, -0.1) is 0 Å². The SMILES string of the molecule is COCCN(CCOC)c1c([N+](=O)[O-])cc(C(F)(F)F)c(N)c1[N+](=O)[O-]. The van der Waals surface area contributed by atoms with Crippen molar-refractivity contribution >= 4 is 22.7 Å². The summed E-state index contributed by atoms with van der Waals surface area (Å²) < 4.78 is 49.0. The maximum atomic E-state index is 13.1. The Morgan fingerprint density at radius 2 is 1.62 bits per heavy atom. The lowest BCUT2D eigenvalue weighted by atomic mass is 10.1. The number of methoxy groups -OCH3 is 2. The molecule has 0 aliphatic rings. The van der Waals surface area contributed by atoms with Crippen LogP contribution in [0, 0.1) is 20.2 Å². The number of anilines is 2. The number of nitro groups is 2. The van der Waals surface area contributed by atoms with E-state index in [0.29, 0.717) is 0 Å². The average Bonchev–Trinajstić information content (AvgIpc) is 2.52. The summed E-state index contributed by atoms with van der Waals surface area (Å²) in [5.74, 6) is 0. The molecule has 1 rings (SSSR count). The number of nitrogens with two attached hydrogens (primary N) is 1. The van der Waals surface area contributed by atoms with Crippen LogP contribution >= 0.6 is 0 Å². The van der Waals surface area contributed by atoms with E-state index in [1.165, 1.54) is 14.2 Å². The van der Waals surface area contributed by atoms with Crippen LogP contribution in [0.1, 0.15) is 5.56 Å². The van der Waals surface area contributed by atoms with E-state index in [-0.39, 0.29) is 32.4 Å². The lowest BCUT2D eigenvalue weighted by Gasteiger charge is -2.25. The Balaban J connectivity index is 3.77. The topological polar surface area (TPSA) is 134 Å². The number of rotatable bonds is 9. The Bertz CT molecular complexity index is 675. The minimum absolute atomic E-state index is 0.0128. The number of hydrogen-bond acceptors (Lipinski definition) is 8. The highest BCUT2D eigenvalue weighted by molar-refractivity contribution is 5.86. The number of alkyl halides is 3. The normalized spacial score (nSPS) is 11.4. The van der Waals surface area contributed by atoms with E-state index in [4.69, 9.17) is 15.2 Å². The molecule has 0 aromatic heterocycles. The number of nitrogens with zero attached hydrogens (tertiary/aromatic N) is 3. The molecule has 13 heteroatoms. The van der Waals surface area contributed by atoms with Gasteiger partial charge in [0.25, 0.3) is 5.69 Å². The van der Waals surface area contributed by atoms with Crippen molar-refractivity contribution in [3.05, 3.63) is 31.9 Å². The van der Waals surface area contributed by atoms with Crippen LogP contribution in [0.3, 0.4) is 0 Å². The maximum Gasteiger partial charge on any atom is 0.418 e. The van der Waals surface area contributed by atoms with Gasteiger partial charge in [-0.3, -0.25) is 20.2 Å². The van der Waals surface area contributed by atoms with Crippen molar-refractivity contribution in [3.63, 3.8) is 0 Å². The summed E-state index contributed by atoms with van der Waals surface area (Å²) in [6, 6.07) is 0.199. The van der Waals surface area contributed by atoms with Gasteiger partial charge in [0.05, 0.1) is 28.6 Å². The van der Waals surface area contributed by atoms with Gasteiger partial charge in [0.2, 0.25) is 0 Å². The molecule has 0 atom stereocenters.